The molecule has 1 aromatic heterocycles. The van der Waals surface area contributed by atoms with Gasteiger partial charge in [0.25, 0.3) is 0 Å². The van der Waals surface area contributed by atoms with Gasteiger partial charge in [-0.05, 0) is 57.5 Å². The summed E-state index contributed by atoms with van der Waals surface area (Å²) in [4.78, 5) is 39.6. The Labute approximate surface area is 210 Å². The van der Waals surface area contributed by atoms with Gasteiger partial charge in [-0.2, -0.15) is 0 Å². The van der Waals surface area contributed by atoms with Crippen LogP contribution < -0.4 is 10.6 Å². The molecule has 0 saturated heterocycles. The topological polar surface area (TPSA) is 87.7 Å². The molecule has 0 fully saturated rings. The first kappa shape index (κ1) is 26.1. The van der Waals surface area contributed by atoms with Crippen LogP contribution in [0.4, 0.5) is 10.7 Å². The first-order chi connectivity index (χ1) is 16.7. The summed E-state index contributed by atoms with van der Waals surface area (Å²) in [7, 11) is 1.70. The maximum Gasteiger partial charge on any atom is 0.341 e. The van der Waals surface area contributed by atoms with E-state index in [-0.39, 0.29) is 31.5 Å². The van der Waals surface area contributed by atoms with Crippen molar-refractivity contribution in [3.05, 3.63) is 70.1 Å². The lowest BCUT2D eigenvalue weighted by atomic mass is 10.0. The van der Waals surface area contributed by atoms with E-state index < -0.39 is 5.97 Å². The second-order valence-corrected chi connectivity index (χ2v) is 9.34. The number of hydrogen-bond acceptors (Lipinski definition) is 6. The van der Waals surface area contributed by atoms with Crippen LogP contribution in [0.3, 0.4) is 0 Å². The highest BCUT2D eigenvalue weighted by molar-refractivity contribution is 7.15. The third-order valence-corrected chi connectivity index (χ3v) is 6.49. The molecule has 35 heavy (non-hydrogen) atoms. The van der Waals surface area contributed by atoms with Crippen LogP contribution in [-0.4, -0.2) is 49.4 Å². The maximum atomic E-state index is 12.8. The van der Waals surface area contributed by atoms with Crippen LogP contribution in [0.25, 0.3) is 11.1 Å². The number of hydrogen-bond donors (Lipinski definition) is 2. The van der Waals surface area contributed by atoms with E-state index in [0.29, 0.717) is 16.1 Å². The van der Waals surface area contributed by atoms with Crippen molar-refractivity contribution in [3.63, 3.8) is 0 Å². The SMILES string of the molecule is CCOC(=O)c1c(-c2ccc(C)cc2)csc1NC(=O)CN(C)CC(=O)Nc1cccc(C)c1C. The minimum absolute atomic E-state index is 0.0136. The number of likely N-dealkylation sites (N-methyl/N-ethyl adjacent to an activating group) is 1. The van der Waals surface area contributed by atoms with Crippen molar-refractivity contribution in [1.82, 2.24) is 4.90 Å². The molecule has 7 nitrogen and oxygen atoms in total. The van der Waals surface area contributed by atoms with Crippen LogP contribution in [0, 0.1) is 20.8 Å². The van der Waals surface area contributed by atoms with Gasteiger partial charge in [0.2, 0.25) is 11.8 Å². The van der Waals surface area contributed by atoms with Crippen LogP contribution in [-0.2, 0) is 14.3 Å². The molecule has 0 bridgehead atoms. The molecule has 0 radical (unpaired) electrons. The minimum atomic E-state index is -0.485. The molecule has 3 rings (SSSR count). The van der Waals surface area contributed by atoms with E-state index in [4.69, 9.17) is 4.74 Å². The van der Waals surface area contributed by atoms with Crippen molar-refractivity contribution in [2.75, 3.05) is 37.4 Å². The number of amides is 2. The summed E-state index contributed by atoms with van der Waals surface area (Å²) in [6.07, 6.45) is 0. The van der Waals surface area contributed by atoms with Crippen molar-refractivity contribution in [2.24, 2.45) is 0 Å². The lowest BCUT2D eigenvalue weighted by Gasteiger charge is -2.17. The highest BCUT2D eigenvalue weighted by atomic mass is 32.1. The van der Waals surface area contributed by atoms with Gasteiger partial charge in [-0.1, -0.05) is 42.0 Å². The number of nitrogens with one attached hydrogen (secondary N) is 2. The summed E-state index contributed by atoms with van der Waals surface area (Å²) in [5.41, 5.74) is 5.89. The average molecular weight is 494 g/mol. The van der Waals surface area contributed by atoms with Crippen LogP contribution in [0.2, 0.25) is 0 Å². The van der Waals surface area contributed by atoms with E-state index in [9.17, 15) is 14.4 Å². The fourth-order valence-electron chi connectivity index (χ4n) is 3.59. The molecule has 1 heterocycles. The summed E-state index contributed by atoms with van der Waals surface area (Å²) in [6.45, 7) is 7.94. The second kappa shape index (κ2) is 11.8. The average Bonchev–Trinajstić information content (AvgIpc) is 3.20. The molecular weight excluding hydrogens is 462 g/mol. The van der Waals surface area contributed by atoms with Gasteiger partial charge in [0.05, 0.1) is 19.7 Å². The van der Waals surface area contributed by atoms with E-state index in [1.807, 2.05) is 68.6 Å². The van der Waals surface area contributed by atoms with Gasteiger partial charge in [0.15, 0.2) is 0 Å². The summed E-state index contributed by atoms with van der Waals surface area (Å²) in [5, 5.41) is 7.99. The Morgan fingerprint density at radius 1 is 0.943 bits per heavy atom. The van der Waals surface area contributed by atoms with E-state index in [1.165, 1.54) is 11.3 Å². The van der Waals surface area contributed by atoms with E-state index in [0.717, 1.165) is 27.9 Å². The number of thiophene rings is 1. The summed E-state index contributed by atoms with van der Waals surface area (Å²) >= 11 is 1.27. The molecule has 2 N–H and O–H groups in total. The van der Waals surface area contributed by atoms with Gasteiger partial charge in [-0.15, -0.1) is 11.3 Å². The van der Waals surface area contributed by atoms with Gasteiger partial charge in [0.1, 0.15) is 10.6 Å². The third kappa shape index (κ3) is 6.77. The lowest BCUT2D eigenvalue weighted by molar-refractivity contribution is -0.119. The quantitative estimate of drug-likeness (QED) is 0.409. The van der Waals surface area contributed by atoms with Gasteiger partial charge < -0.3 is 15.4 Å². The van der Waals surface area contributed by atoms with E-state index >= 15 is 0 Å². The largest absolute Gasteiger partial charge is 0.462 e. The van der Waals surface area contributed by atoms with Gasteiger partial charge >= 0.3 is 5.97 Å². The number of carbonyl (C=O) groups is 3. The summed E-state index contributed by atoms with van der Waals surface area (Å²) < 4.78 is 5.26. The molecule has 0 atom stereocenters. The Hall–Kier alpha value is -3.49. The number of esters is 1. The summed E-state index contributed by atoms with van der Waals surface area (Å²) in [5.74, 6) is -1.02. The number of ether oxygens (including phenoxy) is 1. The molecular formula is C27H31N3O4S. The highest BCUT2D eigenvalue weighted by Crippen LogP contribution is 2.36. The molecule has 0 spiro atoms. The number of carbonyl (C=O) groups excluding carboxylic acids is 3. The molecule has 0 aliphatic carbocycles. The smallest absolute Gasteiger partial charge is 0.341 e. The zero-order valence-corrected chi connectivity index (χ0v) is 21.5. The number of nitrogens with zero attached hydrogens (tertiary/aromatic N) is 1. The molecule has 0 unspecified atom stereocenters. The van der Waals surface area contributed by atoms with Gasteiger partial charge in [0, 0.05) is 16.6 Å². The number of anilines is 2. The predicted octanol–water partition coefficient (Wildman–Crippen LogP) is 5.03. The Morgan fingerprint density at radius 2 is 1.60 bits per heavy atom. The normalized spacial score (nSPS) is 10.8. The highest BCUT2D eigenvalue weighted by Gasteiger charge is 2.23. The van der Waals surface area contributed by atoms with Crippen molar-refractivity contribution < 1.29 is 19.1 Å². The van der Waals surface area contributed by atoms with Crippen molar-refractivity contribution in [2.45, 2.75) is 27.7 Å². The molecule has 184 valence electrons. The molecule has 3 aromatic rings. The Kier molecular flexibility index (Phi) is 8.78. The zero-order chi connectivity index (χ0) is 25.5. The Bertz CT molecular complexity index is 1220. The van der Waals surface area contributed by atoms with Crippen LogP contribution in [0.15, 0.2) is 47.8 Å². The van der Waals surface area contributed by atoms with Gasteiger partial charge in [-0.3, -0.25) is 14.5 Å². The number of rotatable bonds is 9. The third-order valence-electron chi connectivity index (χ3n) is 5.59. The van der Waals surface area contributed by atoms with Crippen LogP contribution in [0.1, 0.15) is 34.0 Å². The molecule has 0 aliphatic rings. The van der Waals surface area contributed by atoms with Gasteiger partial charge in [-0.25, -0.2) is 4.79 Å². The summed E-state index contributed by atoms with van der Waals surface area (Å²) in [6, 6.07) is 13.5. The molecule has 0 aliphatic heterocycles. The minimum Gasteiger partial charge on any atom is -0.462 e. The molecule has 8 heteroatoms. The Balaban J connectivity index is 1.67. The molecule has 0 saturated carbocycles. The Morgan fingerprint density at radius 3 is 2.26 bits per heavy atom. The monoisotopic (exact) mass is 493 g/mol. The van der Waals surface area contributed by atoms with Crippen molar-refractivity contribution in [3.8, 4) is 11.1 Å². The van der Waals surface area contributed by atoms with Crippen molar-refractivity contribution >= 4 is 39.8 Å². The fraction of sp³-hybridized carbons (Fsp3) is 0.296. The first-order valence-electron chi connectivity index (χ1n) is 11.4. The standard InChI is InChI=1S/C27H31N3O4S/c1-6-34-27(33)25-21(20-12-10-17(2)11-13-20)16-35-26(25)29-24(32)15-30(5)14-23(31)28-22-9-7-8-18(3)19(22)4/h7-13,16H,6,14-15H2,1-5H3,(H,28,31)(H,29,32). The number of benzene rings is 2. The fourth-order valence-corrected chi connectivity index (χ4v) is 4.56. The lowest BCUT2D eigenvalue weighted by Crippen LogP contribution is -2.36. The zero-order valence-electron chi connectivity index (χ0n) is 20.7. The second-order valence-electron chi connectivity index (χ2n) is 8.46. The molecule has 2 amide bonds. The maximum absolute atomic E-state index is 12.8. The van der Waals surface area contributed by atoms with E-state index in [2.05, 4.69) is 10.6 Å². The number of aryl methyl sites for hydroxylation is 2. The van der Waals surface area contributed by atoms with Crippen LogP contribution in [0.5, 0.6) is 0 Å². The van der Waals surface area contributed by atoms with Crippen LogP contribution >= 0.6 is 11.3 Å². The molecule has 2 aromatic carbocycles. The predicted molar refractivity (Wildman–Crippen MR) is 141 cm³/mol. The van der Waals surface area contributed by atoms with E-state index in [1.54, 1.807) is 18.9 Å². The van der Waals surface area contributed by atoms with Crippen molar-refractivity contribution in [1.29, 1.82) is 0 Å². The first-order valence-corrected chi connectivity index (χ1v) is 12.3.